The van der Waals surface area contributed by atoms with Gasteiger partial charge in [0.05, 0.1) is 0 Å². The van der Waals surface area contributed by atoms with Crippen molar-refractivity contribution < 1.29 is 9.90 Å². The summed E-state index contributed by atoms with van der Waals surface area (Å²) in [5.74, 6) is 1.29. The summed E-state index contributed by atoms with van der Waals surface area (Å²) in [6, 6.07) is 5.95. The van der Waals surface area contributed by atoms with Gasteiger partial charge in [0.2, 0.25) is 11.9 Å². The predicted molar refractivity (Wildman–Crippen MR) is 125 cm³/mol. The van der Waals surface area contributed by atoms with E-state index in [1.807, 2.05) is 11.0 Å². The van der Waals surface area contributed by atoms with Gasteiger partial charge in [-0.15, -0.1) is 0 Å². The molecular weight excluding hydrogens is 388 g/mol. The maximum absolute atomic E-state index is 12.9. The summed E-state index contributed by atoms with van der Waals surface area (Å²) in [4.78, 5) is 25.5. The van der Waals surface area contributed by atoms with Gasteiger partial charge in [-0.1, -0.05) is 53.7 Å². The number of amides is 1. The lowest BCUT2D eigenvalue weighted by Crippen LogP contribution is -2.49. The number of hydrogen-bond donors (Lipinski definition) is 1. The van der Waals surface area contributed by atoms with Gasteiger partial charge in [0.25, 0.3) is 0 Å². The van der Waals surface area contributed by atoms with E-state index in [2.05, 4.69) is 68.5 Å². The summed E-state index contributed by atoms with van der Waals surface area (Å²) in [5, 5.41) is 10.9. The monoisotopic (exact) mass is 424 g/mol. The molecule has 1 amide bonds. The fourth-order valence-electron chi connectivity index (χ4n) is 4.00. The highest BCUT2D eigenvalue weighted by Gasteiger charge is 2.27. The molecule has 6 heteroatoms. The first kappa shape index (κ1) is 23.0. The van der Waals surface area contributed by atoms with E-state index in [1.54, 1.807) is 12.4 Å². The number of anilines is 1. The summed E-state index contributed by atoms with van der Waals surface area (Å²) < 4.78 is 0. The highest BCUT2D eigenvalue weighted by Crippen LogP contribution is 2.40. The van der Waals surface area contributed by atoms with Crippen LogP contribution in [-0.2, 0) is 22.0 Å². The number of carbonyl (C=O) groups excluding carboxylic acids is 1. The molecular formula is C25H36N4O2. The number of benzene rings is 1. The number of piperazine rings is 1. The van der Waals surface area contributed by atoms with Gasteiger partial charge in [-0.25, -0.2) is 9.97 Å². The third kappa shape index (κ3) is 5.54. The van der Waals surface area contributed by atoms with Gasteiger partial charge in [-0.05, 0) is 40.0 Å². The van der Waals surface area contributed by atoms with Crippen molar-refractivity contribution in [1.29, 1.82) is 0 Å². The summed E-state index contributed by atoms with van der Waals surface area (Å²) in [5.41, 5.74) is 2.66. The molecule has 0 bridgehead atoms. The first-order valence-electron chi connectivity index (χ1n) is 11.1. The highest BCUT2D eigenvalue weighted by molar-refractivity contribution is 5.76. The van der Waals surface area contributed by atoms with Crippen LogP contribution >= 0.6 is 0 Å². The summed E-state index contributed by atoms with van der Waals surface area (Å²) in [6.07, 6.45) is 4.64. The quantitative estimate of drug-likeness (QED) is 0.802. The molecule has 0 saturated carbocycles. The summed E-state index contributed by atoms with van der Waals surface area (Å²) in [7, 11) is 0. The minimum absolute atomic E-state index is 0.167. The molecule has 1 aromatic carbocycles. The van der Waals surface area contributed by atoms with Gasteiger partial charge < -0.3 is 14.9 Å². The number of rotatable bonds is 4. The van der Waals surface area contributed by atoms with Gasteiger partial charge in [0, 0.05) is 45.0 Å². The third-order valence-corrected chi connectivity index (χ3v) is 5.88. The van der Waals surface area contributed by atoms with Gasteiger partial charge in [0.15, 0.2) is 0 Å². The third-order valence-electron chi connectivity index (χ3n) is 5.88. The number of aromatic hydroxyl groups is 1. The van der Waals surface area contributed by atoms with E-state index >= 15 is 0 Å². The average molecular weight is 425 g/mol. The lowest BCUT2D eigenvalue weighted by molar-refractivity contribution is -0.131. The molecule has 31 heavy (non-hydrogen) atoms. The Labute approximate surface area is 186 Å². The van der Waals surface area contributed by atoms with Crippen molar-refractivity contribution in [3.05, 3.63) is 47.3 Å². The van der Waals surface area contributed by atoms with E-state index in [-0.39, 0.29) is 16.7 Å². The van der Waals surface area contributed by atoms with E-state index in [0.717, 1.165) is 35.7 Å². The van der Waals surface area contributed by atoms with Crippen LogP contribution in [0.3, 0.4) is 0 Å². The second-order valence-corrected chi connectivity index (χ2v) is 10.5. The standard InChI is InChI=1S/C25H36N4O2/c1-24(2,3)19-16-18(17-20(22(19)31)25(4,5)6)8-9-21(30)28-12-14-29(15-13-28)23-26-10-7-11-27-23/h7,10-11,16-17,31H,8-9,12-15H2,1-6H3. The van der Waals surface area contributed by atoms with Crippen molar-refractivity contribution >= 4 is 11.9 Å². The zero-order chi connectivity index (χ0) is 22.8. The fraction of sp³-hybridized carbons (Fsp3) is 0.560. The Hall–Kier alpha value is -2.63. The molecule has 1 aromatic heterocycles. The molecule has 168 valence electrons. The molecule has 0 spiro atoms. The van der Waals surface area contributed by atoms with E-state index in [0.29, 0.717) is 31.7 Å². The second-order valence-electron chi connectivity index (χ2n) is 10.5. The minimum atomic E-state index is -0.167. The molecule has 2 heterocycles. The van der Waals surface area contributed by atoms with Gasteiger partial charge in [-0.2, -0.15) is 0 Å². The molecule has 0 unspecified atom stereocenters. The number of phenolic OH excluding ortho intramolecular Hbond substituents is 1. The Balaban J connectivity index is 1.66. The van der Waals surface area contributed by atoms with Gasteiger partial charge in [-0.3, -0.25) is 4.79 Å². The normalized spacial score (nSPS) is 15.3. The van der Waals surface area contributed by atoms with Crippen LogP contribution in [0.5, 0.6) is 5.75 Å². The number of nitrogens with zero attached hydrogens (tertiary/aromatic N) is 4. The first-order chi connectivity index (χ1) is 14.5. The number of aryl methyl sites for hydroxylation is 1. The van der Waals surface area contributed by atoms with E-state index < -0.39 is 0 Å². The number of phenols is 1. The minimum Gasteiger partial charge on any atom is -0.507 e. The Morgan fingerprint density at radius 1 is 0.935 bits per heavy atom. The Morgan fingerprint density at radius 3 is 1.94 bits per heavy atom. The molecule has 0 aliphatic carbocycles. The SMILES string of the molecule is CC(C)(C)c1cc(CCC(=O)N2CCN(c3ncccn3)CC2)cc(C(C)(C)C)c1O. The molecule has 0 atom stereocenters. The lowest BCUT2D eigenvalue weighted by atomic mass is 9.78. The topological polar surface area (TPSA) is 69.6 Å². The maximum Gasteiger partial charge on any atom is 0.225 e. The molecule has 3 rings (SSSR count). The van der Waals surface area contributed by atoms with Gasteiger partial charge >= 0.3 is 0 Å². The largest absolute Gasteiger partial charge is 0.507 e. The molecule has 1 saturated heterocycles. The molecule has 1 aliphatic heterocycles. The Morgan fingerprint density at radius 2 is 1.45 bits per heavy atom. The second kappa shape index (κ2) is 8.85. The molecule has 1 fully saturated rings. The van der Waals surface area contributed by atoms with Crippen LogP contribution in [0, 0.1) is 0 Å². The summed E-state index contributed by atoms with van der Waals surface area (Å²) in [6.45, 7) is 15.5. The van der Waals surface area contributed by atoms with Crippen LogP contribution in [0.15, 0.2) is 30.6 Å². The molecule has 0 radical (unpaired) electrons. The lowest BCUT2D eigenvalue weighted by Gasteiger charge is -2.34. The van der Waals surface area contributed by atoms with Crippen molar-refractivity contribution in [2.45, 2.75) is 65.2 Å². The molecule has 1 aliphatic rings. The molecule has 6 nitrogen and oxygen atoms in total. The van der Waals surface area contributed by atoms with Gasteiger partial charge in [0.1, 0.15) is 5.75 Å². The van der Waals surface area contributed by atoms with Crippen LogP contribution < -0.4 is 4.90 Å². The highest BCUT2D eigenvalue weighted by atomic mass is 16.3. The van der Waals surface area contributed by atoms with Crippen molar-refractivity contribution in [2.75, 3.05) is 31.1 Å². The molecule has 1 N–H and O–H groups in total. The summed E-state index contributed by atoms with van der Waals surface area (Å²) >= 11 is 0. The Kier molecular flexibility index (Phi) is 6.58. The zero-order valence-electron chi connectivity index (χ0n) is 19.8. The van der Waals surface area contributed by atoms with E-state index in [1.165, 1.54) is 0 Å². The number of aromatic nitrogens is 2. The van der Waals surface area contributed by atoms with Crippen molar-refractivity contribution in [1.82, 2.24) is 14.9 Å². The Bertz CT molecular complexity index is 870. The zero-order valence-corrected chi connectivity index (χ0v) is 19.8. The van der Waals surface area contributed by atoms with Crippen molar-refractivity contribution in [2.24, 2.45) is 0 Å². The predicted octanol–water partition coefficient (Wildman–Crippen LogP) is 4.06. The van der Waals surface area contributed by atoms with Crippen LogP contribution in [0.4, 0.5) is 5.95 Å². The molecule has 2 aromatic rings. The van der Waals surface area contributed by atoms with Crippen molar-refractivity contribution in [3.63, 3.8) is 0 Å². The van der Waals surface area contributed by atoms with Crippen molar-refractivity contribution in [3.8, 4) is 5.75 Å². The van der Waals surface area contributed by atoms with Crippen LogP contribution in [0.1, 0.15) is 64.7 Å². The average Bonchev–Trinajstić information content (AvgIpc) is 2.72. The number of hydrogen-bond acceptors (Lipinski definition) is 5. The maximum atomic E-state index is 12.9. The van der Waals surface area contributed by atoms with E-state index in [4.69, 9.17) is 0 Å². The van der Waals surface area contributed by atoms with Crippen LogP contribution in [0.25, 0.3) is 0 Å². The van der Waals surface area contributed by atoms with Crippen LogP contribution in [-0.4, -0.2) is 52.1 Å². The number of carbonyl (C=O) groups is 1. The van der Waals surface area contributed by atoms with Crippen LogP contribution in [0.2, 0.25) is 0 Å². The van der Waals surface area contributed by atoms with E-state index in [9.17, 15) is 9.90 Å². The fourth-order valence-corrected chi connectivity index (χ4v) is 4.00. The smallest absolute Gasteiger partial charge is 0.225 e. The first-order valence-corrected chi connectivity index (χ1v) is 11.1.